The molecule has 1 amide bonds. The Morgan fingerprint density at radius 2 is 1.75 bits per heavy atom. The minimum Gasteiger partial charge on any atom is -0.465 e. The number of hydrogen-bond donors (Lipinski definition) is 1. The minimum absolute atomic E-state index is 0.332. The molecule has 0 aliphatic rings. The van der Waals surface area contributed by atoms with E-state index in [-0.39, 0.29) is 0 Å². The molecule has 1 N–H and O–H groups in total. The van der Waals surface area contributed by atoms with Gasteiger partial charge in [0.2, 0.25) is 15.9 Å². The third-order valence-electron chi connectivity index (χ3n) is 4.07. The number of methoxy groups -OCH3 is 1. The van der Waals surface area contributed by atoms with Gasteiger partial charge >= 0.3 is 5.97 Å². The van der Waals surface area contributed by atoms with Crippen molar-refractivity contribution in [3.05, 3.63) is 58.6 Å². The molecule has 0 spiro atoms. The fourth-order valence-corrected chi connectivity index (χ4v) is 4.05. The maximum Gasteiger partial charge on any atom is 0.337 e. The van der Waals surface area contributed by atoms with Gasteiger partial charge in [0.15, 0.2) is 0 Å². The third-order valence-corrected chi connectivity index (χ3v) is 5.53. The van der Waals surface area contributed by atoms with Gasteiger partial charge in [0.05, 0.1) is 24.6 Å². The molecule has 0 aromatic heterocycles. The molecule has 0 radical (unpaired) electrons. The predicted octanol–water partition coefficient (Wildman–Crippen LogP) is 3.23. The molecule has 7 nitrogen and oxygen atoms in total. The van der Waals surface area contributed by atoms with Crippen molar-refractivity contribution >= 4 is 44.9 Å². The summed E-state index contributed by atoms with van der Waals surface area (Å²) >= 11 is 6.02. The van der Waals surface area contributed by atoms with E-state index in [1.54, 1.807) is 19.1 Å². The van der Waals surface area contributed by atoms with Crippen LogP contribution in [0.3, 0.4) is 0 Å². The van der Waals surface area contributed by atoms with Gasteiger partial charge in [-0.3, -0.25) is 9.10 Å². The summed E-state index contributed by atoms with van der Waals surface area (Å²) in [6, 6.07) is 9.88. The van der Waals surface area contributed by atoms with Crippen molar-refractivity contribution < 1.29 is 22.7 Å². The van der Waals surface area contributed by atoms with Crippen molar-refractivity contribution in [2.24, 2.45) is 0 Å². The second-order valence-corrected chi connectivity index (χ2v) is 8.52. The number of ether oxygens (including phenoxy) is 1. The van der Waals surface area contributed by atoms with E-state index in [1.807, 2.05) is 0 Å². The highest BCUT2D eigenvalue weighted by atomic mass is 35.5. The summed E-state index contributed by atoms with van der Waals surface area (Å²) in [5.41, 5.74) is 1.75. The molecular weight excluding hydrogens is 404 g/mol. The van der Waals surface area contributed by atoms with Gasteiger partial charge in [-0.1, -0.05) is 17.7 Å². The van der Waals surface area contributed by atoms with Gasteiger partial charge in [-0.25, -0.2) is 13.2 Å². The maximum absolute atomic E-state index is 12.7. The summed E-state index contributed by atoms with van der Waals surface area (Å²) in [5, 5.41) is 3.01. The lowest BCUT2D eigenvalue weighted by molar-refractivity contribution is -0.116. The Hall–Kier alpha value is -2.58. The average Bonchev–Trinajstić information content (AvgIpc) is 2.63. The van der Waals surface area contributed by atoms with E-state index in [0.717, 1.165) is 10.6 Å². The fraction of sp³-hybridized carbons (Fsp3) is 0.263. The van der Waals surface area contributed by atoms with Crippen LogP contribution in [0.1, 0.15) is 22.8 Å². The first-order valence-electron chi connectivity index (χ1n) is 8.29. The molecule has 0 bridgehead atoms. The van der Waals surface area contributed by atoms with Crippen LogP contribution in [-0.4, -0.2) is 39.7 Å². The highest BCUT2D eigenvalue weighted by Gasteiger charge is 2.30. The molecule has 0 aliphatic carbocycles. The van der Waals surface area contributed by atoms with Crippen LogP contribution >= 0.6 is 11.6 Å². The van der Waals surface area contributed by atoms with E-state index in [1.165, 1.54) is 44.4 Å². The summed E-state index contributed by atoms with van der Waals surface area (Å²) in [4.78, 5) is 24.2. The second-order valence-electron chi connectivity index (χ2n) is 6.22. The number of esters is 1. The van der Waals surface area contributed by atoms with E-state index in [4.69, 9.17) is 11.6 Å². The molecule has 9 heteroatoms. The Bertz CT molecular complexity index is 990. The Morgan fingerprint density at radius 3 is 2.29 bits per heavy atom. The predicted molar refractivity (Wildman–Crippen MR) is 109 cm³/mol. The Balaban J connectivity index is 2.29. The SMILES string of the molecule is COC(=O)c1ccc(NC(=O)[C@H](C)N(c2cc(Cl)ccc2C)S(C)(=O)=O)cc1. The molecule has 2 aromatic rings. The molecule has 2 rings (SSSR count). The van der Waals surface area contributed by atoms with Gasteiger partial charge in [-0.2, -0.15) is 0 Å². The lowest BCUT2D eigenvalue weighted by Gasteiger charge is -2.29. The molecule has 0 fully saturated rings. The number of sulfonamides is 1. The number of anilines is 2. The third kappa shape index (κ3) is 5.02. The van der Waals surface area contributed by atoms with E-state index >= 15 is 0 Å². The number of nitrogens with zero attached hydrogens (tertiary/aromatic N) is 1. The van der Waals surface area contributed by atoms with Crippen molar-refractivity contribution in [1.29, 1.82) is 0 Å². The van der Waals surface area contributed by atoms with Crippen LogP contribution in [0, 0.1) is 6.92 Å². The number of benzene rings is 2. The molecule has 150 valence electrons. The first-order valence-corrected chi connectivity index (χ1v) is 10.5. The summed E-state index contributed by atoms with van der Waals surface area (Å²) in [5.74, 6) is -1.03. The van der Waals surface area contributed by atoms with Gasteiger partial charge in [-0.15, -0.1) is 0 Å². The Morgan fingerprint density at radius 1 is 1.14 bits per heavy atom. The van der Waals surface area contributed by atoms with Gasteiger partial charge in [0.1, 0.15) is 6.04 Å². The highest BCUT2D eigenvalue weighted by Crippen LogP contribution is 2.28. The van der Waals surface area contributed by atoms with Crippen LogP contribution in [0.25, 0.3) is 0 Å². The summed E-state index contributed by atoms with van der Waals surface area (Å²) in [6.07, 6.45) is 1.03. The fourth-order valence-electron chi connectivity index (χ4n) is 2.66. The topological polar surface area (TPSA) is 92.8 Å². The lowest BCUT2D eigenvalue weighted by atomic mass is 10.1. The van der Waals surface area contributed by atoms with Gasteiger partial charge < -0.3 is 10.1 Å². The molecular formula is C19H21ClN2O5S. The van der Waals surface area contributed by atoms with Crippen LogP contribution < -0.4 is 9.62 Å². The van der Waals surface area contributed by atoms with Crippen molar-refractivity contribution in [3.63, 3.8) is 0 Å². The number of rotatable bonds is 6. The Labute approximate surface area is 169 Å². The lowest BCUT2D eigenvalue weighted by Crippen LogP contribution is -2.45. The quantitative estimate of drug-likeness (QED) is 0.718. The van der Waals surface area contributed by atoms with Gasteiger partial charge in [0.25, 0.3) is 0 Å². The van der Waals surface area contributed by atoms with E-state index in [2.05, 4.69) is 10.1 Å². The van der Waals surface area contributed by atoms with Crippen LogP contribution in [0.2, 0.25) is 5.02 Å². The van der Waals surface area contributed by atoms with Crippen LogP contribution in [0.15, 0.2) is 42.5 Å². The number of carbonyl (C=O) groups excluding carboxylic acids is 2. The van der Waals surface area contributed by atoms with Crippen molar-refractivity contribution in [2.75, 3.05) is 23.0 Å². The molecule has 0 unspecified atom stereocenters. The van der Waals surface area contributed by atoms with Crippen molar-refractivity contribution in [1.82, 2.24) is 0 Å². The zero-order valence-corrected chi connectivity index (χ0v) is 17.5. The van der Waals surface area contributed by atoms with Crippen LogP contribution in [0.4, 0.5) is 11.4 Å². The largest absolute Gasteiger partial charge is 0.465 e. The number of aryl methyl sites for hydroxylation is 1. The summed E-state index contributed by atoms with van der Waals surface area (Å²) in [6.45, 7) is 3.22. The average molecular weight is 425 g/mol. The van der Waals surface area contributed by atoms with E-state index in [9.17, 15) is 18.0 Å². The van der Waals surface area contributed by atoms with Gasteiger partial charge in [-0.05, 0) is 55.8 Å². The molecule has 28 heavy (non-hydrogen) atoms. The highest BCUT2D eigenvalue weighted by molar-refractivity contribution is 7.92. The van der Waals surface area contributed by atoms with Crippen molar-refractivity contribution in [3.8, 4) is 0 Å². The second kappa shape index (κ2) is 8.62. The Kier molecular flexibility index (Phi) is 6.69. The molecule has 0 saturated carbocycles. The number of nitrogens with one attached hydrogen (secondary N) is 1. The first-order chi connectivity index (χ1) is 13.0. The smallest absolute Gasteiger partial charge is 0.337 e. The van der Waals surface area contributed by atoms with Crippen LogP contribution in [-0.2, 0) is 19.6 Å². The molecule has 2 aromatic carbocycles. The standard InChI is InChI=1S/C19H21ClN2O5S/c1-12-5-8-15(20)11-17(12)22(28(4,25)26)13(2)18(23)21-16-9-6-14(7-10-16)19(24)27-3/h5-11,13H,1-4H3,(H,21,23)/t13-/m0/s1. The monoisotopic (exact) mass is 424 g/mol. The number of hydrogen-bond acceptors (Lipinski definition) is 5. The first kappa shape index (κ1) is 21.7. The normalized spacial score (nSPS) is 12.2. The zero-order chi connectivity index (χ0) is 21.1. The molecule has 1 atom stereocenters. The minimum atomic E-state index is -3.76. The van der Waals surface area contributed by atoms with Crippen LogP contribution in [0.5, 0.6) is 0 Å². The summed E-state index contributed by atoms with van der Waals surface area (Å²) in [7, 11) is -2.49. The molecule has 0 aliphatic heterocycles. The van der Waals surface area contributed by atoms with Gasteiger partial charge in [0, 0.05) is 10.7 Å². The number of carbonyl (C=O) groups is 2. The molecule has 0 saturated heterocycles. The number of halogens is 1. The summed E-state index contributed by atoms with van der Waals surface area (Å²) < 4.78 is 30.5. The van der Waals surface area contributed by atoms with E-state index in [0.29, 0.717) is 27.5 Å². The van der Waals surface area contributed by atoms with Crippen molar-refractivity contribution in [2.45, 2.75) is 19.9 Å². The molecule has 0 heterocycles. The van der Waals surface area contributed by atoms with E-state index < -0.39 is 27.9 Å². The number of amides is 1. The zero-order valence-electron chi connectivity index (χ0n) is 15.9. The maximum atomic E-state index is 12.7.